The lowest BCUT2D eigenvalue weighted by molar-refractivity contribution is -0.119. The lowest BCUT2D eigenvalue weighted by Gasteiger charge is -2.40. The van der Waals surface area contributed by atoms with Gasteiger partial charge in [-0.2, -0.15) is 5.26 Å². The van der Waals surface area contributed by atoms with E-state index in [-0.39, 0.29) is 5.91 Å². The normalized spacial score (nSPS) is 19.8. The molecule has 0 aromatic carbocycles. The zero-order chi connectivity index (χ0) is 11.5. The van der Waals surface area contributed by atoms with Crippen molar-refractivity contribution in [1.82, 2.24) is 9.80 Å². The Balaban J connectivity index is 2.43. The average Bonchev–Trinajstić information content (AvgIpc) is 2.18. The molecule has 0 spiro atoms. The number of hydrogen-bond acceptors (Lipinski definition) is 4. The molecule has 1 aliphatic heterocycles. The van der Waals surface area contributed by atoms with Crippen molar-refractivity contribution in [3.8, 4) is 6.07 Å². The molecule has 0 aliphatic carbocycles. The van der Waals surface area contributed by atoms with Gasteiger partial charge in [0, 0.05) is 26.2 Å². The van der Waals surface area contributed by atoms with Gasteiger partial charge in [0.1, 0.15) is 5.54 Å². The first-order valence-electron chi connectivity index (χ1n) is 5.12. The quantitative estimate of drug-likeness (QED) is 0.674. The van der Waals surface area contributed by atoms with Crippen molar-refractivity contribution in [2.75, 3.05) is 32.7 Å². The first kappa shape index (κ1) is 12.0. The Morgan fingerprint density at radius 1 is 1.40 bits per heavy atom. The summed E-state index contributed by atoms with van der Waals surface area (Å²) in [6.07, 6.45) is 0. The second-order valence-corrected chi connectivity index (χ2v) is 4.40. The standard InChI is InChI=1S/C10H18N4O/c1-10(2,8-11)14-5-3-13(4-6-14)7-9(12)15/h3-7H2,1-2H3,(H2,12,15). The van der Waals surface area contributed by atoms with Crippen LogP contribution in [0.2, 0.25) is 0 Å². The van der Waals surface area contributed by atoms with Gasteiger partial charge < -0.3 is 5.73 Å². The van der Waals surface area contributed by atoms with Gasteiger partial charge in [0.15, 0.2) is 0 Å². The molecule has 5 nitrogen and oxygen atoms in total. The molecule has 0 aromatic heterocycles. The highest BCUT2D eigenvalue weighted by Crippen LogP contribution is 2.15. The summed E-state index contributed by atoms with van der Waals surface area (Å²) in [6.45, 7) is 7.37. The fraction of sp³-hybridized carbons (Fsp3) is 0.800. The Morgan fingerprint density at radius 3 is 2.33 bits per heavy atom. The van der Waals surface area contributed by atoms with Crippen molar-refractivity contribution >= 4 is 5.91 Å². The third-order valence-electron chi connectivity index (χ3n) is 2.82. The molecule has 1 heterocycles. The summed E-state index contributed by atoms with van der Waals surface area (Å²) < 4.78 is 0. The van der Waals surface area contributed by atoms with Crippen LogP contribution < -0.4 is 5.73 Å². The van der Waals surface area contributed by atoms with Crippen LogP contribution in [0.25, 0.3) is 0 Å². The van der Waals surface area contributed by atoms with Crippen molar-refractivity contribution in [2.24, 2.45) is 5.73 Å². The minimum atomic E-state index is -0.418. The van der Waals surface area contributed by atoms with Crippen LogP contribution in [-0.2, 0) is 4.79 Å². The number of amides is 1. The van der Waals surface area contributed by atoms with Crippen LogP contribution in [-0.4, -0.2) is 54.0 Å². The molecule has 1 aliphatic rings. The molecule has 2 N–H and O–H groups in total. The van der Waals surface area contributed by atoms with E-state index in [1.165, 1.54) is 0 Å². The monoisotopic (exact) mass is 210 g/mol. The SMILES string of the molecule is CC(C)(C#N)N1CCN(CC(N)=O)CC1. The van der Waals surface area contributed by atoms with Gasteiger partial charge in [-0.15, -0.1) is 0 Å². The number of rotatable bonds is 3. The van der Waals surface area contributed by atoms with Gasteiger partial charge in [0.2, 0.25) is 5.91 Å². The summed E-state index contributed by atoms with van der Waals surface area (Å²) in [5.74, 6) is -0.289. The minimum absolute atomic E-state index is 0.289. The van der Waals surface area contributed by atoms with Gasteiger partial charge in [-0.25, -0.2) is 0 Å². The van der Waals surface area contributed by atoms with E-state index in [0.717, 1.165) is 26.2 Å². The zero-order valence-electron chi connectivity index (χ0n) is 9.36. The van der Waals surface area contributed by atoms with Crippen molar-refractivity contribution < 1.29 is 4.79 Å². The summed E-state index contributed by atoms with van der Waals surface area (Å²) >= 11 is 0. The molecule has 0 saturated carbocycles. The predicted octanol–water partition coefficient (Wildman–Crippen LogP) is -0.609. The van der Waals surface area contributed by atoms with Crippen LogP contribution in [0.1, 0.15) is 13.8 Å². The Bertz CT molecular complexity index is 274. The van der Waals surface area contributed by atoms with E-state index in [2.05, 4.69) is 11.0 Å². The lowest BCUT2D eigenvalue weighted by atomic mass is 10.0. The number of nitriles is 1. The molecule has 0 bridgehead atoms. The molecule has 0 unspecified atom stereocenters. The molecule has 0 radical (unpaired) electrons. The van der Waals surface area contributed by atoms with Gasteiger partial charge in [0.25, 0.3) is 0 Å². The summed E-state index contributed by atoms with van der Waals surface area (Å²) in [7, 11) is 0. The van der Waals surface area contributed by atoms with E-state index in [1.54, 1.807) is 0 Å². The molecular formula is C10H18N4O. The predicted molar refractivity (Wildman–Crippen MR) is 56.9 cm³/mol. The molecule has 84 valence electrons. The summed E-state index contributed by atoms with van der Waals surface area (Å²) in [6, 6.07) is 2.28. The van der Waals surface area contributed by atoms with Crippen LogP contribution >= 0.6 is 0 Å². The van der Waals surface area contributed by atoms with Gasteiger partial charge >= 0.3 is 0 Å². The van der Waals surface area contributed by atoms with Gasteiger partial charge in [0.05, 0.1) is 12.6 Å². The Hall–Kier alpha value is -1.12. The molecule has 15 heavy (non-hydrogen) atoms. The number of carbonyl (C=O) groups is 1. The van der Waals surface area contributed by atoms with E-state index in [1.807, 2.05) is 18.7 Å². The van der Waals surface area contributed by atoms with E-state index >= 15 is 0 Å². The van der Waals surface area contributed by atoms with Crippen molar-refractivity contribution in [3.63, 3.8) is 0 Å². The fourth-order valence-electron chi connectivity index (χ4n) is 1.76. The average molecular weight is 210 g/mol. The van der Waals surface area contributed by atoms with Crippen molar-refractivity contribution in [2.45, 2.75) is 19.4 Å². The molecule has 5 heteroatoms. The maximum absolute atomic E-state index is 10.7. The largest absolute Gasteiger partial charge is 0.369 e. The van der Waals surface area contributed by atoms with Crippen LogP contribution in [0, 0.1) is 11.3 Å². The van der Waals surface area contributed by atoms with Crippen LogP contribution in [0.5, 0.6) is 0 Å². The maximum atomic E-state index is 10.7. The molecular weight excluding hydrogens is 192 g/mol. The van der Waals surface area contributed by atoms with Crippen LogP contribution in [0.3, 0.4) is 0 Å². The number of carbonyl (C=O) groups excluding carboxylic acids is 1. The zero-order valence-corrected chi connectivity index (χ0v) is 9.36. The van der Waals surface area contributed by atoms with E-state index in [0.29, 0.717) is 6.54 Å². The molecule has 1 saturated heterocycles. The Morgan fingerprint density at radius 2 is 1.93 bits per heavy atom. The third-order valence-corrected chi connectivity index (χ3v) is 2.82. The van der Waals surface area contributed by atoms with Gasteiger partial charge in [-0.3, -0.25) is 14.6 Å². The van der Waals surface area contributed by atoms with Crippen LogP contribution in [0.15, 0.2) is 0 Å². The number of nitrogens with two attached hydrogens (primary N) is 1. The third kappa shape index (κ3) is 3.18. The second kappa shape index (κ2) is 4.60. The summed E-state index contributed by atoms with van der Waals surface area (Å²) in [4.78, 5) is 14.9. The molecule has 1 amide bonds. The first-order chi connectivity index (χ1) is 6.95. The second-order valence-electron chi connectivity index (χ2n) is 4.40. The summed E-state index contributed by atoms with van der Waals surface area (Å²) in [5.41, 5.74) is 4.71. The van der Waals surface area contributed by atoms with E-state index in [4.69, 9.17) is 11.0 Å². The van der Waals surface area contributed by atoms with Gasteiger partial charge in [-0.1, -0.05) is 0 Å². The number of hydrogen-bond donors (Lipinski definition) is 1. The number of nitrogens with zero attached hydrogens (tertiary/aromatic N) is 3. The highest BCUT2D eigenvalue weighted by molar-refractivity contribution is 5.75. The maximum Gasteiger partial charge on any atom is 0.231 e. The Labute approximate surface area is 90.4 Å². The summed E-state index contributed by atoms with van der Waals surface area (Å²) in [5, 5.41) is 8.98. The molecule has 1 fully saturated rings. The smallest absolute Gasteiger partial charge is 0.231 e. The van der Waals surface area contributed by atoms with Crippen molar-refractivity contribution in [3.05, 3.63) is 0 Å². The van der Waals surface area contributed by atoms with Gasteiger partial charge in [-0.05, 0) is 13.8 Å². The Kier molecular flexibility index (Phi) is 3.66. The number of primary amides is 1. The van der Waals surface area contributed by atoms with E-state index < -0.39 is 5.54 Å². The topological polar surface area (TPSA) is 73.4 Å². The number of piperazine rings is 1. The fourth-order valence-corrected chi connectivity index (χ4v) is 1.76. The minimum Gasteiger partial charge on any atom is -0.369 e. The van der Waals surface area contributed by atoms with E-state index in [9.17, 15) is 4.79 Å². The molecule has 0 atom stereocenters. The lowest BCUT2D eigenvalue weighted by Crippen LogP contribution is -2.55. The molecule has 1 rings (SSSR count). The highest BCUT2D eigenvalue weighted by Gasteiger charge is 2.29. The first-order valence-corrected chi connectivity index (χ1v) is 5.12. The van der Waals surface area contributed by atoms with Crippen molar-refractivity contribution in [1.29, 1.82) is 5.26 Å². The highest BCUT2D eigenvalue weighted by atomic mass is 16.1. The molecule has 0 aromatic rings. The van der Waals surface area contributed by atoms with Crippen LogP contribution in [0.4, 0.5) is 0 Å².